The molecule has 1 N–H and O–H groups in total. The Kier molecular flexibility index (Phi) is 5.94. The summed E-state index contributed by atoms with van der Waals surface area (Å²) in [7, 11) is 0. The van der Waals surface area contributed by atoms with Gasteiger partial charge >= 0.3 is 0 Å². The molecular formula is C23H13Cl7N2O3. The van der Waals surface area contributed by atoms with E-state index in [4.69, 9.17) is 81.2 Å². The summed E-state index contributed by atoms with van der Waals surface area (Å²) >= 11 is 45.4. The highest BCUT2D eigenvalue weighted by Crippen LogP contribution is 2.77. The minimum atomic E-state index is -2.04. The van der Waals surface area contributed by atoms with Crippen LogP contribution >= 0.6 is 81.2 Å². The van der Waals surface area contributed by atoms with E-state index >= 15 is 0 Å². The number of hydrogen-bond acceptors (Lipinski definition) is 3. The van der Waals surface area contributed by atoms with Crippen LogP contribution in [0.5, 0.6) is 0 Å². The second-order valence-electron chi connectivity index (χ2n) is 8.48. The van der Waals surface area contributed by atoms with Crippen molar-refractivity contribution in [2.24, 2.45) is 11.8 Å². The lowest BCUT2D eigenvalue weighted by Gasteiger charge is -2.34. The van der Waals surface area contributed by atoms with Gasteiger partial charge in [0.05, 0.1) is 33.2 Å². The molecule has 35 heavy (non-hydrogen) atoms. The first-order chi connectivity index (χ1) is 16.3. The molecule has 4 atom stereocenters. The van der Waals surface area contributed by atoms with Crippen LogP contribution in [-0.4, -0.2) is 31.8 Å². The molecule has 3 aliphatic rings. The monoisotopic (exact) mass is 610 g/mol. The van der Waals surface area contributed by atoms with E-state index in [9.17, 15) is 14.4 Å². The van der Waals surface area contributed by atoms with Crippen molar-refractivity contribution in [1.29, 1.82) is 0 Å². The number of imide groups is 1. The van der Waals surface area contributed by atoms with E-state index < -0.39 is 43.6 Å². The van der Waals surface area contributed by atoms with E-state index in [2.05, 4.69) is 5.32 Å². The minimum absolute atomic E-state index is 0.0380. The lowest BCUT2D eigenvalue weighted by atomic mass is 9.84. The van der Waals surface area contributed by atoms with Gasteiger partial charge in [-0.25, -0.2) is 4.90 Å². The largest absolute Gasteiger partial charge is 0.322 e. The van der Waals surface area contributed by atoms with Gasteiger partial charge in [0.25, 0.3) is 5.91 Å². The lowest BCUT2D eigenvalue weighted by Crippen LogP contribution is -2.50. The Morgan fingerprint density at radius 2 is 1.40 bits per heavy atom. The topological polar surface area (TPSA) is 66.5 Å². The van der Waals surface area contributed by atoms with Crippen LogP contribution in [0.4, 0.5) is 11.4 Å². The molecule has 5 rings (SSSR count). The van der Waals surface area contributed by atoms with Crippen molar-refractivity contribution in [3.63, 3.8) is 0 Å². The molecule has 182 valence electrons. The number of para-hydroxylation sites is 1. The highest BCUT2D eigenvalue weighted by Gasteiger charge is 2.87. The molecule has 0 aromatic heterocycles. The SMILES string of the molecule is Cc1c(Cl)cccc1NC(=O)c1ccccc1N1C(=O)[C@H]2[C@H](C1=O)[C@@]1(Cl)C(Cl)=C(Cl)[C@@]2(Cl)C1(Cl)Cl. The van der Waals surface area contributed by atoms with Gasteiger partial charge in [0.2, 0.25) is 11.8 Å². The van der Waals surface area contributed by atoms with Gasteiger partial charge in [-0.1, -0.05) is 76.2 Å². The van der Waals surface area contributed by atoms with Gasteiger partial charge in [-0.15, -0.1) is 23.2 Å². The van der Waals surface area contributed by atoms with Crippen LogP contribution in [0.3, 0.4) is 0 Å². The Bertz CT molecular complexity index is 1330. The number of hydrogen-bond donors (Lipinski definition) is 1. The van der Waals surface area contributed by atoms with Gasteiger partial charge in [0, 0.05) is 10.7 Å². The fraction of sp³-hybridized carbons (Fsp3) is 0.261. The summed E-state index contributed by atoms with van der Waals surface area (Å²) in [5.74, 6) is -4.66. The van der Waals surface area contributed by atoms with Crippen molar-refractivity contribution in [1.82, 2.24) is 0 Å². The third-order valence-electron chi connectivity index (χ3n) is 6.81. The number of nitrogens with zero attached hydrogens (tertiary/aromatic N) is 1. The summed E-state index contributed by atoms with van der Waals surface area (Å²) in [5.41, 5.74) is 1.23. The molecule has 2 aliphatic carbocycles. The molecule has 12 heteroatoms. The zero-order valence-electron chi connectivity index (χ0n) is 17.5. The first kappa shape index (κ1) is 25.5. The Morgan fingerprint density at radius 3 is 1.97 bits per heavy atom. The average Bonchev–Trinajstić information content (AvgIpc) is 3.20. The lowest BCUT2D eigenvalue weighted by molar-refractivity contribution is -0.123. The summed E-state index contributed by atoms with van der Waals surface area (Å²) in [6.45, 7) is 1.75. The number of benzene rings is 2. The molecule has 0 spiro atoms. The maximum Gasteiger partial charge on any atom is 0.257 e. The average molecular weight is 614 g/mol. The Morgan fingerprint density at radius 1 is 0.857 bits per heavy atom. The first-order valence-corrected chi connectivity index (χ1v) is 12.8. The van der Waals surface area contributed by atoms with Gasteiger partial charge in [-0.3, -0.25) is 14.4 Å². The van der Waals surface area contributed by atoms with Gasteiger partial charge in [-0.05, 0) is 36.8 Å². The van der Waals surface area contributed by atoms with Crippen molar-refractivity contribution >= 4 is 110 Å². The maximum absolute atomic E-state index is 13.7. The fourth-order valence-corrected chi connectivity index (χ4v) is 8.13. The number of fused-ring (bicyclic) bond motifs is 5. The van der Waals surface area contributed by atoms with Crippen LogP contribution in [0, 0.1) is 18.8 Å². The zero-order valence-corrected chi connectivity index (χ0v) is 22.8. The molecule has 1 aliphatic heterocycles. The molecule has 1 heterocycles. The number of rotatable bonds is 3. The predicted octanol–water partition coefficient (Wildman–Crippen LogP) is 6.85. The van der Waals surface area contributed by atoms with Crippen molar-refractivity contribution in [2.45, 2.75) is 21.0 Å². The van der Waals surface area contributed by atoms with E-state index in [1.54, 1.807) is 37.3 Å². The van der Waals surface area contributed by atoms with Gasteiger partial charge in [0.15, 0.2) is 4.33 Å². The van der Waals surface area contributed by atoms with Crippen molar-refractivity contribution < 1.29 is 14.4 Å². The summed E-state index contributed by atoms with van der Waals surface area (Å²) in [5, 5.41) is 2.86. The van der Waals surface area contributed by atoms with Crippen LogP contribution in [0.2, 0.25) is 5.02 Å². The van der Waals surface area contributed by atoms with E-state index in [1.165, 1.54) is 12.1 Å². The smallest absolute Gasteiger partial charge is 0.257 e. The molecule has 1 saturated heterocycles. The predicted molar refractivity (Wildman–Crippen MR) is 140 cm³/mol. The molecule has 2 fully saturated rings. The summed E-state index contributed by atoms with van der Waals surface area (Å²) < 4.78 is -2.04. The van der Waals surface area contributed by atoms with Gasteiger partial charge < -0.3 is 5.32 Å². The number of anilines is 2. The number of carbonyl (C=O) groups excluding carboxylic acids is 3. The van der Waals surface area contributed by atoms with E-state index in [0.29, 0.717) is 16.3 Å². The zero-order chi connectivity index (χ0) is 25.7. The Labute approximate surface area is 235 Å². The summed E-state index contributed by atoms with van der Waals surface area (Å²) in [4.78, 5) is 37.6. The molecule has 2 bridgehead atoms. The number of allylic oxidation sites excluding steroid dienone is 2. The number of alkyl halides is 4. The molecule has 5 nitrogen and oxygen atoms in total. The first-order valence-electron chi connectivity index (χ1n) is 10.2. The van der Waals surface area contributed by atoms with Crippen LogP contribution in [0.1, 0.15) is 15.9 Å². The fourth-order valence-electron chi connectivity index (χ4n) is 5.03. The number of nitrogens with one attached hydrogen (secondary N) is 1. The van der Waals surface area contributed by atoms with Crippen molar-refractivity contribution in [3.8, 4) is 0 Å². The van der Waals surface area contributed by atoms with Gasteiger partial charge in [-0.2, -0.15) is 0 Å². The minimum Gasteiger partial charge on any atom is -0.322 e. The molecular weight excluding hydrogens is 600 g/mol. The van der Waals surface area contributed by atoms with E-state index in [0.717, 1.165) is 4.90 Å². The molecule has 0 radical (unpaired) electrons. The van der Waals surface area contributed by atoms with Crippen molar-refractivity contribution in [3.05, 3.63) is 68.7 Å². The van der Waals surface area contributed by atoms with Crippen LogP contribution < -0.4 is 10.2 Å². The summed E-state index contributed by atoms with van der Waals surface area (Å²) in [6.07, 6.45) is 0. The van der Waals surface area contributed by atoms with Crippen molar-refractivity contribution in [2.75, 3.05) is 10.2 Å². The number of amides is 3. The normalized spacial score (nSPS) is 30.8. The molecule has 1 saturated carbocycles. The molecule has 3 amide bonds. The third kappa shape index (κ3) is 3.01. The van der Waals surface area contributed by atoms with Crippen LogP contribution in [-0.2, 0) is 9.59 Å². The van der Waals surface area contributed by atoms with E-state index in [1.807, 2.05) is 0 Å². The molecule has 2 aromatic carbocycles. The molecule has 2 aromatic rings. The standard InChI is InChI=1S/C23H13Cl7N2O3/c1-9-11(24)6-4-7-12(9)31-18(33)10-5-2-3-8-13(10)32-19(34)14-15(20(32)35)22(28)17(26)16(25)21(14,27)23(22,29)30/h2-8,14-15H,1H3,(H,31,33)/t14-,15-,21-,22-/m1/s1. The Balaban J connectivity index is 1.57. The van der Waals surface area contributed by atoms with Gasteiger partial charge in [0.1, 0.15) is 9.75 Å². The highest BCUT2D eigenvalue weighted by molar-refractivity contribution is 6.67. The Hall–Kier alpha value is -1.18. The quantitative estimate of drug-likeness (QED) is 0.304. The third-order valence-corrected chi connectivity index (χ3v) is 11.5. The summed E-state index contributed by atoms with van der Waals surface area (Å²) in [6, 6.07) is 11.2. The number of halogens is 7. The number of carbonyl (C=O) groups is 3. The highest BCUT2D eigenvalue weighted by atomic mass is 35.5. The molecule has 0 unspecified atom stereocenters. The van der Waals surface area contributed by atoms with Crippen LogP contribution in [0.15, 0.2) is 52.5 Å². The van der Waals surface area contributed by atoms with Crippen LogP contribution in [0.25, 0.3) is 0 Å². The van der Waals surface area contributed by atoms with E-state index in [-0.39, 0.29) is 21.3 Å². The second-order valence-corrected chi connectivity index (χ2v) is 12.2. The maximum atomic E-state index is 13.7. The second kappa shape index (κ2) is 8.16.